The van der Waals surface area contributed by atoms with E-state index in [1.807, 2.05) is 54.6 Å². The Hall–Kier alpha value is -5.27. The molecule has 0 aliphatic carbocycles. The van der Waals surface area contributed by atoms with Gasteiger partial charge in [0.05, 0.1) is 36.0 Å². The van der Waals surface area contributed by atoms with Crippen molar-refractivity contribution in [2.24, 2.45) is 0 Å². The van der Waals surface area contributed by atoms with Gasteiger partial charge < -0.3 is 34.8 Å². The highest BCUT2D eigenvalue weighted by atomic mass is 16.6. The van der Waals surface area contributed by atoms with Crippen LogP contribution in [0.15, 0.2) is 78.9 Å². The van der Waals surface area contributed by atoms with Crippen molar-refractivity contribution in [3.8, 4) is 11.5 Å². The SMILES string of the molecule is CCN(CC)CCOc1ccc(/C(=C(\c2ccccc2)[N+](=O)[O-])c2ccc(OC)cc2)cc1.O=C(O)CC(O)(CC(=O)O)C(=O)O. The van der Waals surface area contributed by atoms with Crippen molar-refractivity contribution >= 4 is 29.2 Å². The van der Waals surface area contributed by atoms with E-state index in [2.05, 4.69) is 18.7 Å². The third kappa shape index (κ3) is 11.0. The molecular weight excluding hydrogens is 600 g/mol. The number of ether oxygens (including phenoxy) is 2. The second-order valence-corrected chi connectivity index (χ2v) is 9.95. The van der Waals surface area contributed by atoms with Crippen LogP contribution in [0.5, 0.6) is 11.5 Å². The summed E-state index contributed by atoms with van der Waals surface area (Å²) in [7, 11) is 1.59. The fourth-order valence-corrected chi connectivity index (χ4v) is 4.40. The summed E-state index contributed by atoms with van der Waals surface area (Å²) in [5, 5.41) is 46.0. The first-order valence-corrected chi connectivity index (χ1v) is 14.3. The number of aliphatic carboxylic acids is 3. The van der Waals surface area contributed by atoms with Crippen LogP contribution in [0.3, 0.4) is 0 Å². The van der Waals surface area contributed by atoms with Gasteiger partial charge in [0.1, 0.15) is 18.1 Å². The van der Waals surface area contributed by atoms with Crippen LogP contribution in [0.25, 0.3) is 11.3 Å². The topological polar surface area (TPSA) is 197 Å². The molecule has 4 N–H and O–H groups in total. The highest BCUT2D eigenvalue weighted by Gasteiger charge is 2.40. The van der Waals surface area contributed by atoms with Crippen LogP contribution >= 0.6 is 0 Å². The molecule has 0 aliphatic heterocycles. The maximum absolute atomic E-state index is 12.2. The summed E-state index contributed by atoms with van der Waals surface area (Å²) in [5.74, 6) is -3.59. The van der Waals surface area contributed by atoms with Gasteiger partial charge in [-0.1, -0.05) is 56.3 Å². The summed E-state index contributed by atoms with van der Waals surface area (Å²) < 4.78 is 11.2. The molecular formula is C33H38N2O11. The zero-order valence-corrected chi connectivity index (χ0v) is 25.8. The quantitative estimate of drug-likeness (QED) is 0.0984. The van der Waals surface area contributed by atoms with E-state index in [9.17, 15) is 24.5 Å². The van der Waals surface area contributed by atoms with Gasteiger partial charge in [-0.05, 0) is 60.6 Å². The van der Waals surface area contributed by atoms with Gasteiger partial charge >= 0.3 is 17.9 Å². The minimum atomic E-state index is -2.74. The molecule has 0 aromatic heterocycles. The lowest BCUT2D eigenvalue weighted by Gasteiger charge is -2.18. The van der Waals surface area contributed by atoms with Gasteiger partial charge in [-0.2, -0.15) is 0 Å². The van der Waals surface area contributed by atoms with Gasteiger partial charge in [-0.25, -0.2) is 4.79 Å². The summed E-state index contributed by atoms with van der Waals surface area (Å²) in [4.78, 5) is 44.7. The highest BCUT2D eigenvalue weighted by molar-refractivity contribution is 5.95. The first-order chi connectivity index (χ1) is 21.8. The number of carboxylic acid groups (broad SMARTS) is 3. The molecule has 0 heterocycles. The van der Waals surface area contributed by atoms with Crippen molar-refractivity contribution in [3.63, 3.8) is 0 Å². The van der Waals surface area contributed by atoms with Crippen LogP contribution in [0.2, 0.25) is 0 Å². The number of carboxylic acids is 3. The van der Waals surface area contributed by atoms with Crippen LogP contribution in [0.1, 0.15) is 43.4 Å². The number of rotatable bonds is 16. The van der Waals surface area contributed by atoms with Crippen molar-refractivity contribution in [2.75, 3.05) is 33.4 Å². The average molecular weight is 639 g/mol. The molecule has 3 rings (SSSR count). The van der Waals surface area contributed by atoms with Gasteiger partial charge in [0.2, 0.25) is 0 Å². The number of likely N-dealkylation sites (N-methyl/N-ethyl adjacent to an activating group) is 1. The molecule has 0 saturated carbocycles. The van der Waals surface area contributed by atoms with Gasteiger partial charge in [-0.15, -0.1) is 0 Å². The Morgan fingerprint density at radius 1 is 0.783 bits per heavy atom. The Morgan fingerprint density at radius 2 is 1.26 bits per heavy atom. The van der Waals surface area contributed by atoms with Crippen molar-refractivity contribution in [3.05, 3.63) is 106 Å². The Bertz CT molecular complexity index is 1470. The Labute approximate surface area is 266 Å². The molecule has 0 bridgehead atoms. The molecule has 3 aromatic rings. The maximum atomic E-state index is 12.2. The number of methoxy groups -OCH3 is 1. The minimum Gasteiger partial charge on any atom is -0.497 e. The van der Waals surface area contributed by atoms with Crippen LogP contribution in [0.4, 0.5) is 0 Å². The molecule has 13 nitrogen and oxygen atoms in total. The predicted octanol–water partition coefficient (Wildman–Crippen LogP) is 4.36. The lowest BCUT2D eigenvalue weighted by atomic mass is 9.93. The fourth-order valence-electron chi connectivity index (χ4n) is 4.40. The highest BCUT2D eigenvalue weighted by Crippen LogP contribution is 2.34. The van der Waals surface area contributed by atoms with E-state index in [0.29, 0.717) is 23.5 Å². The van der Waals surface area contributed by atoms with E-state index in [-0.39, 0.29) is 10.6 Å². The smallest absolute Gasteiger partial charge is 0.336 e. The van der Waals surface area contributed by atoms with E-state index in [0.717, 1.165) is 36.5 Å². The second-order valence-electron chi connectivity index (χ2n) is 9.95. The normalized spacial score (nSPS) is 11.5. The number of nitro groups is 1. The average Bonchev–Trinajstić information content (AvgIpc) is 3.02. The largest absolute Gasteiger partial charge is 0.497 e. The zero-order chi connectivity index (χ0) is 34.3. The number of nitrogens with zero attached hydrogens (tertiary/aromatic N) is 2. The second kappa shape index (κ2) is 17.9. The summed E-state index contributed by atoms with van der Waals surface area (Å²) in [6.07, 6.45) is -2.29. The maximum Gasteiger partial charge on any atom is 0.336 e. The van der Waals surface area contributed by atoms with E-state index in [1.54, 1.807) is 31.4 Å². The molecule has 0 atom stereocenters. The van der Waals surface area contributed by atoms with E-state index >= 15 is 0 Å². The first kappa shape index (κ1) is 36.9. The number of hydrogen-bond acceptors (Lipinski definition) is 9. The number of carbonyl (C=O) groups is 3. The van der Waals surface area contributed by atoms with Gasteiger partial charge in [-0.3, -0.25) is 19.7 Å². The summed E-state index contributed by atoms with van der Waals surface area (Å²) in [6.45, 7) is 7.67. The van der Waals surface area contributed by atoms with Crippen LogP contribution in [0, 0.1) is 10.1 Å². The molecule has 13 heteroatoms. The van der Waals surface area contributed by atoms with Gasteiger partial charge in [0.15, 0.2) is 5.60 Å². The summed E-state index contributed by atoms with van der Waals surface area (Å²) in [6, 6.07) is 23.7. The third-order valence-corrected chi connectivity index (χ3v) is 6.84. The molecule has 0 fully saturated rings. The molecule has 0 amide bonds. The molecule has 0 radical (unpaired) electrons. The van der Waals surface area contributed by atoms with Crippen LogP contribution < -0.4 is 9.47 Å². The van der Waals surface area contributed by atoms with Gasteiger partial charge in [0, 0.05) is 6.54 Å². The molecule has 0 aliphatic rings. The third-order valence-electron chi connectivity index (χ3n) is 6.84. The molecule has 3 aromatic carbocycles. The Balaban J connectivity index is 0.000000479. The van der Waals surface area contributed by atoms with Crippen molar-refractivity contribution < 1.29 is 49.2 Å². The van der Waals surface area contributed by atoms with E-state index in [4.69, 9.17) is 29.9 Å². The Morgan fingerprint density at radius 3 is 1.65 bits per heavy atom. The zero-order valence-electron chi connectivity index (χ0n) is 25.8. The van der Waals surface area contributed by atoms with Crippen molar-refractivity contribution in [2.45, 2.75) is 32.3 Å². The first-order valence-electron chi connectivity index (χ1n) is 14.3. The molecule has 0 saturated heterocycles. The van der Waals surface area contributed by atoms with E-state index in [1.165, 1.54) is 0 Å². The number of aliphatic hydroxyl groups is 1. The monoisotopic (exact) mass is 638 g/mol. The molecule has 46 heavy (non-hydrogen) atoms. The van der Waals surface area contributed by atoms with Crippen LogP contribution in [-0.2, 0) is 14.4 Å². The molecule has 246 valence electrons. The Kier molecular flexibility index (Phi) is 14.4. The summed E-state index contributed by atoms with van der Waals surface area (Å²) in [5.41, 5.74) is -0.113. The van der Waals surface area contributed by atoms with Gasteiger partial charge in [0.25, 0.3) is 5.70 Å². The van der Waals surface area contributed by atoms with Crippen molar-refractivity contribution in [1.82, 2.24) is 4.90 Å². The minimum absolute atomic E-state index is 0.0518. The fraction of sp³-hybridized carbons (Fsp3) is 0.303. The predicted molar refractivity (Wildman–Crippen MR) is 169 cm³/mol. The molecule has 0 unspecified atom stereocenters. The summed E-state index contributed by atoms with van der Waals surface area (Å²) >= 11 is 0. The lowest BCUT2D eigenvalue weighted by Crippen LogP contribution is -2.42. The lowest BCUT2D eigenvalue weighted by molar-refractivity contribution is -0.374. The van der Waals surface area contributed by atoms with E-state index < -0.39 is 36.4 Å². The number of benzene rings is 3. The van der Waals surface area contributed by atoms with Crippen molar-refractivity contribution in [1.29, 1.82) is 0 Å². The standard InChI is InChI=1S/C27H30N2O4.C6H8O7/c1-4-28(5-2)19-20-33-25-17-13-22(14-18-25)26(21-11-15-24(32-3)16-12-21)27(29(30)31)23-9-7-6-8-10-23;7-3(8)1-6(13,5(11)12)2-4(9)10/h6-18H,4-5,19-20H2,1-3H3;13H,1-2H2,(H,7,8)(H,9,10)(H,11,12)/b27-26+;. The number of hydrogen-bond donors (Lipinski definition) is 4. The van der Waals surface area contributed by atoms with Crippen LogP contribution in [-0.4, -0.2) is 87.1 Å². The molecule has 0 spiro atoms.